The van der Waals surface area contributed by atoms with Crippen LogP contribution in [0.25, 0.3) is 22.3 Å². The number of ether oxygens (including phenoxy) is 2. The number of aromatic nitrogens is 3. The molecular weight excluding hydrogens is 334 g/mol. The van der Waals surface area contributed by atoms with E-state index >= 15 is 0 Å². The van der Waals surface area contributed by atoms with Gasteiger partial charge in [0.2, 0.25) is 5.82 Å². The Hall–Kier alpha value is -3.61. The minimum absolute atomic E-state index is 0.0944. The molecule has 0 saturated heterocycles. The van der Waals surface area contributed by atoms with Crippen LogP contribution in [-0.2, 0) is 11.3 Å². The number of carbonyl (C=O) groups is 1. The van der Waals surface area contributed by atoms with Gasteiger partial charge in [0.25, 0.3) is 5.89 Å². The molecule has 0 saturated carbocycles. The molecule has 4 aromatic rings. The lowest BCUT2D eigenvalue weighted by molar-refractivity contribution is 0.0432. The Morgan fingerprint density at radius 1 is 1.15 bits per heavy atom. The van der Waals surface area contributed by atoms with Gasteiger partial charge in [-0.1, -0.05) is 11.2 Å². The summed E-state index contributed by atoms with van der Waals surface area (Å²) in [6.07, 6.45) is 1.78. The van der Waals surface area contributed by atoms with Crippen LogP contribution in [0.15, 0.2) is 59.3 Å². The molecule has 0 aliphatic carbocycles. The lowest BCUT2D eigenvalue weighted by atomic mass is 10.1. The molecule has 130 valence electrons. The van der Waals surface area contributed by atoms with Crippen LogP contribution >= 0.6 is 0 Å². The number of nitrogens with zero attached hydrogens (tertiary/aromatic N) is 2. The number of hydrogen-bond acceptors (Lipinski definition) is 6. The van der Waals surface area contributed by atoms with E-state index in [2.05, 4.69) is 15.1 Å². The summed E-state index contributed by atoms with van der Waals surface area (Å²) >= 11 is 0. The van der Waals surface area contributed by atoms with E-state index in [0.29, 0.717) is 11.4 Å². The molecule has 1 N–H and O–H groups in total. The Morgan fingerprint density at radius 2 is 2.00 bits per heavy atom. The molecule has 0 bridgehead atoms. The topological polar surface area (TPSA) is 90.2 Å². The van der Waals surface area contributed by atoms with E-state index in [9.17, 15) is 4.79 Å². The molecule has 0 radical (unpaired) electrons. The summed E-state index contributed by atoms with van der Waals surface area (Å²) in [6, 6.07) is 14.5. The van der Waals surface area contributed by atoms with E-state index in [0.717, 1.165) is 22.2 Å². The molecule has 0 amide bonds. The zero-order valence-corrected chi connectivity index (χ0v) is 13.9. The minimum atomic E-state index is -0.445. The zero-order valence-electron chi connectivity index (χ0n) is 13.9. The van der Waals surface area contributed by atoms with Gasteiger partial charge in [-0.15, -0.1) is 0 Å². The predicted octanol–water partition coefficient (Wildman–Crippen LogP) is 3.58. The van der Waals surface area contributed by atoms with Crippen LogP contribution < -0.4 is 4.74 Å². The third-order valence-corrected chi connectivity index (χ3v) is 3.96. The number of H-pyrrole nitrogens is 1. The van der Waals surface area contributed by atoms with Crippen LogP contribution in [0.4, 0.5) is 0 Å². The van der Waals surface area contributed by atoms with Crippen molar-refractivity contribution in [1.82, 2.24) is 15.1 Å². The van der Waals surface area contributed by atoms with E-state index in [1.165, 1.54) is 0 Å². The summed E-state index contributed by atoms with van der Waals surface area (Å²) in [4.78, 5) is 19.7. The predicted molar refractivity (Wildman–Crippen MR) is 93.7 cm³/mol. The summed E-state index contributed by atoms with van der Waals surface area (Å²) < 4.78 is 15.6. The van der Waals surface area contributed by atoms with E-state index in [4.69, 9.17) is 14.0 Å². The summed E-state index contributed by atoms with van der Waals surface area (Å²) in [5.41, 5.74) is 2.14. The van der Waals surface area contributed by atoms with Crippen molar-refractivity contribution in [3.8, 4) is 17.1 Å². The average Bonchev–Trinajstić information content (AvgIpc) is 3.35. The van der Waals surface area contributed by atoms with Gasteiger partial charge in [-0.2, -0.15) is 4.98 Å². The molecule has 26 heavy (non-hydrogen) atoms. The van der Waals surface area contributed by atoms with Crippen molar-refractivity contribution in [3.63, 3.8) is 0 Å². The van der Waals surface area contributed by atoms with Gasteiger partial charge in [0.15, 0.2) is 6.61 Å². The Bertz CT molecular complexity index is 1050. The first-order chi connectivity index (χ1) is 12.7. The fourth-order valence-corrected chi connectivity index (χ4v) is 2.64. The fraction of sp³-hybridized carbons (Fsp3) is 0.105. The first-order valence-electron chi connectivity index (χ1n) is 7.95. The number of fused-ring (bicyclic) bond motifs is 1. The number of esters is 1. The highest BCUT2D eigenvalue weighted by molar-refractivity contribution is 6.03. The first-order valence-corrected chi connectivity index (χ1v) is 7.95. The molecule has 0 aliphatic rings. The number of nitrogens with one attached hydrogen (secondary N) is 1. The Kier molecular flexibility index (Phi) is 4.10. The lowest BCUT2D eigenvalue weighted by Crippen LogP contribution is -2.05. The molecule has 7 nitrogen and oxygen atoms in total. The molecule has 0 spiro atoms. The number of benzene rings is 2. The maximum Gasteiger partial charge on any atom is 0.339 e. The van der Waals surface area contributed by atoms with E-state index < -0.39 is 5.97 Å². The minimum Gasteiger partial charge on any atom is -0.497 e. The highest BCUT2D eigenvalue weighted by atomic mass is 16.6. The van der Waals surface area contributed by atoms with Crippen LogP contribution in [0.5, 0.6) is 5.75 Å². The standard InChI is InChI=1S/C19H15N3O4/c1-24-13-7-5-12(6-8-13)18-21-17(26-22-18)11-25-19(23)15-3-2-4-16-14(15)9-10-20-16/h2-10,20H,11H2,1H3. The van der Waals surface area contributed by atoms with Gasteiger partial charge in [-0.05, 0) is 42.5 Å². The Morgan fingerprint density at radius 3 is 2.81 bits per heavy atom. The molecule has 2 aromatic heterocycles. The molecule has 0 unspecified atom stereocenters. The second-order valence-corrected chi connectivity index (χ2v) is 5.56. The van der Waals surface area contributed by atoms with E-state index in [-0.39, 0.29) is 12.5 Å². The first kappa shape index (κ1) is 15.9. The molecule has 4 rings (SSSR count). The van der Waals surface area contributed by atoms with Gasteiger partial charge in [0.1, 0.15) is 5.75 Å². The monoisotopic (exact) mass is 349 g/mol. The molecule has 2 aromatic carbocycles. The van der Waals surface area contributed by atoms with Crippen LogP contribution in [0.2, 0.25) is 0 Å². The maximum absolute atomic E-state index is 12.3. The second kappa shape index (κ2) is 6.72. The molecule has 0 aliphatic heterocycles. The smallest absolute Gasteiger partial charge is 0.339 e. The summed E-state index contributed by atoms with van der Waals surface area (Å²) in [5.74, 6) is 0.946. The number of hydrogen-bond donors (Lipinski definition) is 1. The van der Waals surface area contributed by atoms with Gasteiger partial charge >= 0.3 is 5.97 Å². The fourth-order valence-electron chi connectivity index (χ4n) is 2.64. The molecular formula is C19H15N3O4. The molecule has 2 heterocycles. The number of aromatic amines is 1. The van der Waals surface area contributed by atoms with Crippen molar-refractivity contribution < 1.29 is 18.8 Å². The van der Waals surface area contributed by atoms with E-state index in [1.54, 1.807) is 25.4 Å². The van der Waals surface area contributed by atoms with Crippen molar-refractivity contribution in [1.29, 1.82) is 0 Å². The quantitative estimate of drug-likeness (QED) is 0.554. The second-order valence-electron chi connectivity index (χ2n) is 5.56. The number of rotatable bonds is 5. The Balaban J connectivity index is 1.46. The van der Waals surface area contributed by atoms with Crippen LogP contribution in [0, 0.1) is 0 Å². The van der Waals surface area contributed by atoms with Crippen LogP contribution in [0.1, 0.15) is 16.2 Å². The highest BCUT2D eigenvalue weighted by Gasteiger charge is 2.15. The summed E-state index contributed by atoms with van der Waals surface area (Å²) in [7, 11) is 1.60. The van der Waals surface area contributed by atoms with E-state index in [1.807, 2.05) is 36.4 Å². The molecule has 0 atom stereocenters. The number of methoxy groups -OCH3 is 1. The molecule has 0 fully saturated rings. The van der Waals surface area contributed by atoms with Crippen molar-refractivity contribution in [3.05, 3.63) is 66.2 Å². The maximum atomic E-state index is 12.3. The third-order valence-electron chi connectivity index (χ3n) is 3.96. The van der Waals surface area contributed by atoms with Crippen molar-refractivity contribution in [2.75, 3.05) is 7.11 Å². The van der Waals surface area contributed by atoms with Crippen molar-refractivity contribution in [2.24, 2.45) is 0 Å². The molecule has 7 heteroatoms. The Labute approximate surface area is 148 Å². The summed E-state index contributed by atoms with van der Waals surface area (Å²) in [5, 5.41) is 4.72. The normalized spacial score (nSPS) is 10.8. The van der Waals surface area contributed by atoms with Crippen LogP contribution in [0.3, 0.4) is 0 Å². The average molecular weight is 349 g/mol. The van der Waals surface area contributed by atoms with Gasteiger partial charge in [-0.3, -0.25) is 0 Å². The van der Waals surface area contributed by atoms with Gasteiger partial charge in [-0.25, -0.2) is 4.79 Å². The van der Waals surface area contributed by atoms with Gasteiger partial charge in [0.05, 0.1) is 12.7 Å². The largest absolute Gasteiger partial charge is 0.497 e. The highest BCUT2D eigenvalue weighted by Crippen LogP contribution is 2.21. The SMILES string of the molecule is COc1ccc(-c2noc(COC(=O)c3cccc4[nH]ccc34)n2)cc1. The summed E-state index contributed by atoms with van der Waals surface area (Å²) in [6.45, 7) is -0.0944. The zero-order chi connectivity index (χ0) is 17.9. The van der Waals surface area contributed by atoms with Crippen molar-refractivity contribution in [2.45, 2.75) is 6.61 Å². The van der Waals surface area contributed by atoms with Gasteiger partial charge < -0.3 is 19.0 Å². The van der Waals surface area contributed by atoms with Gasteiger partial charge in [0, 0.05) is 22.7 Å². The van der Waals surface area contributed by atoms with Crippen LogP contribution in [-0.4, -0.2) is 28.2 Å². The number of carbonyl (C=O) groups excluding carboxylic acids is 1. The third kappa shape index (κ3) is 3.02. The van der Waals surface area contributed by atoms with Crippen molar-refractivity contribution >= 4 is 16.9 Å². The lowest BCUT2D eigenvalue weighted by Gasteiger charge is -2.03.